The first-order valence-corrected chi connectivity index (χ1v) is 13.3. The van der Waals surface area contributed by atoms with Gasteiger partial charge < -0.3 is 0 Å². The molecule has 2 aliphatic carbocycles. The molecule has 0 saturated heterocycles. The van der Waals surface area contributed by atoms with Gasteiger partial charge >= 0.3 is 0 Å². The van der Waals surface area contributed by atoms with Gasteiger partial charge in [0.1, 0.15) is 0 Å². The lowest BCUT2D eigenvalue weighted by Gasteiger charge is -2.09. The third-order valence-electron chi connectivity index (χ3n) is 7.48. The van der Waals surface area contributed by atoms with Crippen LogP contribution in [0.1, 0.15) is 35.4 Å². The fourth-order valence-corrected chi connectivity index (χ4v) is 5.60. The smallest absolute Gasteiger partial charge is 0.0885 e. The highest BCUT2D eigenvalue weighted by Crippen LogP contribution is 2.36. The SMILES string of the molecule is c1ccc(-c2ccccc2N=C2CCc3cc4c(nc32)C(=Nc2ccccc2-c2ccccc2)CC4)cc1. The quantitative estimate of drug-likeness (QED) is 0.249. The second-order valence-electron chi connectivity index (χ2n) is 9.89. The number of rotatable bonds is 4. The molecule has 0 saturated carbocycles. The van der Waals surface area contributed by atoms with E-state index in [0.717, 1.165) is 71.0 Å². The molecule has 0 radical (unpaired) electrons. The van der Waals surface area contributed by atoms with Crippen LogP contribution in [0, 0.1) is 0 Å². The first kappa shape index (κ1) is 22.6. The fraction of sp³-hybridized carbons (Fsp3) is 0.114. The average molecular weight is 490 g/mol. The van der Waals surface area contributed by atoms with Crippen LogP contribution >= 0.6 is 0 Å². The molecule has 5 aromatic rings. The zero-order valence-corrected chi connectivity index (χ0v) is 21.1. The van der Waals surface area contributed by atoms with Crippen LogP contribution in [0.3, 0.4) is 0 Å². The molecule has 3 nitrogen and oxygen atoms in total. The highest BCUT2D eigenvalue weighted by molar-refractivity contribution is 6.09. The van der Waals surface area contributed by atoms with Crippen molar-refractivity contribution in [1.82, 2.24) is 4.98 Å². The van der Waals surface area contributed by atoms with E-state index < -0.39 is 0 Å². The Bertz CT molecular complexity index is 1570. The Morgan fingerprint density at radius 3 is 1.34 bits per heavy atom. The minimum Gasteiger partial charge on any atom is -0.251 e. The summed E-state index contributed by atoms with van der Waals surface area (Å²) in [6, 6.07) is 40.1. The van der Waals surface area contributed by atoms with Gasteiger partial charge in [0.05, 0.1) is 34.2 Å². The topological polar surface area (TPSA) is 37.6 Å². The zero-order chi connectivity index (χ0) is 25.3. The van der Waals surface area contributed by atoms with E-state index in [2.05, 4.69) is 103 Å². The largest absolute Gasteiger partial charge is 0.251 e. The number of aryl methyl sites for hydroxylation is 2. The van der Waals surface area contributed by atoms with Gasteiger partial charge in [0.25, 0.3) is 0 Å². The van der Waals surface area contributed by atoms with Crippen LogP contribution in [-0.2, 0) is 12.8 Å². The van der Waals surface area contributed by atoms with Crippen molar-refractivity contribution < 1.29 is 0 Å². The summed E-state index contributed by atoms with van der Waals surface area (Å²) in [5.41, 5.74) is 13.5. The van der Waals surface area contributed by atoms with Crippen LogP contribution in [0.2, 0.25) is 0 Å². The van der Waals surface area contributed by atoms with Gasteiger partial charge in [-0.15, -0.1) is 0 Å². The lowest BCUT2D eigenvalue weighted by atomic mass is 10.0. The maximum Gasteiger partial charge on any atom is 0.0885 e. The Kier molecular flexibility index (Phi) is 5.75. The van der Waals surface area contributed by atoms with Crippen molar-refractivity contribution in [2.75, 3.05) is 0 Å². The van der Waals surface area contributed by atoms with Crippen LogP contribution in [0.15, 0.2) is 125 Å². The molecular formula is C35H27N3. The Morgan fingerprint density at radius 1 is 0.447 bits per heavy atom. The summed E-state index contributed by atoms with van der Waals surface area (Å²) in [5, 5.41) is 0. The number of aromatic nitrogens is 1. The number of aliphatic imine (C=N–C) groups is 2. The second kappa shape index (κ2) is 9.68. The van der Waals surface area contributed by atoms with Crippen molar-refractivity contribution in [2.24, 2.45) is 9.98 Å². The summed E-state index contributed by atoms with van der Waals surface area (Å²) in [6.07, 6.45) is 3.81. The Hall–Kier alpha value is -4.63. The van der Waals surface area contributed by atoms with E-state index in [1.165, 1.54) is 22.3 Å². The second-order valence-corrected chi connectivity index (χ2v) is 9.89. The molecular weight excluding hydrogens is 462 g/mol. The molecule has 2 aliphatic rings. The van der Waals surface area contributed by atoms with Crippen LogP contribution in [-0.4, -0.2) is 16.4 Å². The predicted molar refractivity (Wildman–Crippen MR) is 157 cm³/mol. The summed E-state index contributed by atoms with van der Waals surface area (Å²) in [6.45, 7) is 0. The van der Waals surface area contributed by atoms with Gasteiger partial charge in [-0.1, -0.05) is 103 Å². The highest BCUT2D eigenvalue weighted by Gasteiger charge is 2.27. The minimum absolute atomic E-state index is 0.914. The van der Waals surface area contributed by atoms with Gasteiger partial charge in [-0.05, 0) is 60.1 Å². The number of hydrogen-bond donors (Lipinski definition) is 0. The van der Waals surface area contributed by atoms with Crippen LogP contribution < -0.4 is 0 Å². The van der Waals surface area contributed by atoms with Gasteiger partial charge in [0.15, 0.2) is 0 Å². The molecule has 38 heavy (non-hydrogen) atoms. The van der Waals surface area contributed by atoms with Crippen molar-refractivity contribution in [3.05, 3.63) is 138 Å². The number of fused-ring (bicyclic) bond motifs is 2. The van der Waals surface area contributed by atoms with Crippen LogP contribution in [0.4, 0.5) is 11.4 Å². The summed E-state index contributed by atoms with van der Waals surface area (Å²) < 4.78 is 0. The molecule has 0 atom stereocenters. The number of hydrogen-bond acceptors (Lipinski definition) is 3. The Labute approximate surface area is 223 Å². The van der Waals surface area contributed by atoms with E-state index in [0.29, 0.717) is 0 Å². The lowest BCUT2D eigenvalue weighted by molar-refractivity contribution is 1.05. The molecule has 0 unspecified atom stereocenters. The maximum atomic E-state index is 5.23. The van der Waals surface area contributed by atoms with E-state index >= 15 is 0 Å². The van der Waals surface area contributed by atoms with Gasteiger partial charge in [0, 0.05) is 11.1 Å². The molecule has 1 heterocycles. The fourth-order valence-electron chi connectivity index (χ4n) is 5.60. The minimum atomic E-state index is 0.914. The molecule has 0 N–H and O–H groups in total. The molecule has 0 amide bonds. The monoisotopic (exact) mass is 489 g/mol. The summed E-state index contributed by atoms with van der Waals surface area (Å²) in [7, 11) is 0. The zero-order valence-electron chi connectivity index (χ0n) is 21.1. The normalized spacial score (nSPS) is 16.1. The Morgan fingerprint density at radius 2 is 0.868 bits per heavy atom. The maximum absolute atomic E-state index is 5.23. The molecule has 0 spiro atoms. The molecule has 0 fully saturated rings. The molecule has 1 aromatic heterocycles. The van der Waals surface area contributed by atoms with Gasteiger partial charge in [0.2, 0.25) is 0 Å². The molecule has 0 bridgehead atoms. The van der Waals surface area contributed by atoms with Crippen molar-refractivity contribution in [3.63, 3.8) is 0 Å². The average Bonchev–Trinajstić information content (AvgIpc) is 3.56. The number of benzene rings is 4. The van der Waals surface area contributed by atoms with Crippen molar-refractivity contribution in [1.29, 1.82) is 0 Å². The van der Waals surface area contributed by atoms with E-state index in [-0.39, 0.29) is 0 Å². The molecule has 0 aliphatic heterocycles. The predicted octanol–water partition coefficient (Wildman–Crippen LogP) is 8.55. The van der Waals surface area contributed by atoms with Crippen molar-refractivity contribution >= 4 is 22.8 Å². The van der Waals surface area contributed by atoms with Crippen molar-refractivity contribution in [2.45, 2.75) is 25.7 Å². The van der Waals surface area contributed by atoms with Crippen LogP contribution in [0.25, 0.3) is 22.3 Å². The summed E-state index contributed by atoms with van der Waals surface area (Å²) in [5.74, 6) is 0. The van der Waals surface area contributed by atoms with Gasteiger partial charge in [-0.3, -0.25) is 9.98 Å². The van der Waals surface area contributed by atoms with Crippen LogP contribution in [0.5, 0.6) is 0 Å². The molecule has 3 heteroatoms. The van der Waals surface area contributed by atoms with E-state index in [9.17, 15) is 0 Å². The van der Waals surface area contributed by atoms with E-state index in [1.807, 2.05) is 12.1 Å². The summed E-state index contributed by atoms with van der Waals surface area (Å²) in [4.78, 5) is 15.6. The third kappa shape index (κ3) is 4.16. The highest BCUT2D eigenvalue weighted by atomic mass is 14.9. The molecule has 7 rings (SSSR count). The number of pyridine rings is 1. The van der Waals surface area contributed by atoms with E-state index in [1.54, 1.807) is 0 Å². The molecule has 182 valence electrons. The van der Waals surface area contributed by atoms with Gasteiger partial charge in [-0.25, -0.2) is 4.98 Å². The summed E-state index contributed by atoms with van der Waals surface area (Å²) >= 11 is 0. The Balaban J connectivity index is 1.28. The lowest BCUT2D eigenvalue weighted by Crippen LogP contribution is -2.05. The first-order chi connectivity index (χ1) is 18.8. The number of nitrogens with zero attached hydrogens (tertiary/aromatic N) is 3. The van der Waals surface area contributed by atoms with Crippen molar-refractivity contribution in [3.8, 4) is 22.3 Å². The van der Waals surface area contributed by atoms with Gasteiger partial charge in [-0.2, -0.15) is 0 Å². The standard InChI is InChI=1S/C35H27N3/c1-3-11-24(12-4-1)28-15-7-9-17-30(28)36-32-21-19-26-23-27-20-22-33(35(27)38-34(26)32)37-31-18-10-8-16-29(31)25-13-5-2-6-14-25/h1-18,23H,19-22H2. The third-order valence-corrected chi connectivity index (χ3v) is 7.48. The van der Waals surface area contributed by atoms with E-state index in [4.69, 9.17) is 15.0 Å². The molecule has 4 aromatic carbocycles. The first-order valence-electron chi connectivity index (χ1n) is 13.3. The number of para-hydroxylation sites is 2.